The molecule has 0 saturated carbocycles. The molecule has 0 amide bonds. The molecule has 3 atom stereocenters. The number of nitrogens with zero attached hydrogens (tertiary/aromatic N) is 1. The van der Waals surface area contributed by atoms with Crippen molar-refractivity contribution in [2.45, 2.75) is 43.6 Å². The zero-order chi connectivity index (χ0) is 23.4. The fraction of sp³-hybridized carbons (Fsp3) is 0.290. The molecule has 1 fully saturated rings. The fourth-order valence-corrected chi connectivity index (χ4v) is 6.69. The van der Waals surface area contributed by atoms with Crippen molar-refractivity contribution in [3.63, 3.8) is 0 Å². The van der Waals surface area contributed by atoms with E-state index < -0.39 is 0 Å². The third-order valence-corrected chi connectivity index (χ3v) is 8.25. The zero-order valence-electron chi connectivity index (χ0n) is 19.9. The van der Waals surface area contributed by atoms with E-state index in [1.54, 1.807) is 7.11 Å². The van der Waals surface area contributed by atoms with Gasteiger partial charge in [-0.25, -0.2) is 0 Å². The second-order valence-electron chi connectivity index (χ2n) is 9.99. The average Bonchev–Trinajstić information content (AvgIpc) is 3.25. The summed E-state index contributed by atoms with van der Waals surface area (Å²) in [5, 5.41) is 0. The third kappa shape index (κ3) is 3.09. The number of rotatable bonds is 6. The smallest absolute Gasteiger partial charge is 0.169 e. The van der Waals surface area contributed by atoms with Crippen molar-refractivity contribution in [3.8, 4) is 11.5 Å². The minimum atomic E-state index is -0.174. The summed E-state index contributed by atoms with van der Waals surface area (Å²) in [5.41, 5.74) is 6.52. The largest absolute Gasteiger partial charge is 0.497 e. The highest BCUT2D eigenvalue weighted by Crippen LogP contribution is 2.62. The number of piperidine rings is 1. The lowest BCUT2D eigenvalue weighted by Crippen LogP contribution is -2.59. The first-order valence-electron chi connectivity index (χ1n) is 12.5. The van der Waals surface area contributed by atoms with Gasteiger partial charge in [-0.3, -0.25) is 4.90 Å². The molecule has 176 valence electrons. The molecule has 35 heavy (non-hydrogen) atoms. The summed E-state index contributed by atoms with van der Waals surface area (Å²) >= 11 is 0. The predicted molar refractivity (Wildman–Crippen MR) is 135 cm³/mol. The Morgan fingerprint density at radius 3 is 2.49 bits per heavy atom. The first-order chi connectivity index (χ1) is 17.3. The van der Waals surface area contributed by atoms with Crippen LogP contribution < -0.4 is 9.47 Å². The Labute approximate surface area is 206 Å². The molecule has 0 radical (unpaired) electrons. The quantitative estimate of drug-likeness (QED) is 0.479. The van der Waals surface area contributed by atoms with E-state index in [9.17, 15) is 0 Å². The molecule has 1 spiro atoms. The lowest BCUT2D eigenvalue weighted by Gasteiger charge is -2.53. The van der Waals surface area contributed by atoms with Crippen molar-refractivity contribution < 1.29 is 14.2 Å². The van der Waals surface area contributed by atoms with Gasteiger partial charge in [-0.2, -0.15) is 0 Å². The highest BCUT2D eigenvalue weighted by molar-refractivity contribution is 5.67. The van der Waals surface area contributed by atoms with Gasteiger partial charge in [0.15, 0.2) is 17.6 Å². The molecule has 3 aromatic rings. The summed E-state index contributed by atoms with van der Waals surface area (Å²) in [5.74, 6) is 2.65. The van der Waals surface area contributed by atoms with Gasteiger partial charge in [-0.05, 0) is 47.2 Å². The number of hydrogen-bond donors (Lipinski definition) is 0. The second-order valence-corrected chi connectivity index (χ2v) is 9.99. The summed E-state index contributed by atoms with van der Waals surface area (Å²) in [6, 6.07) is 25.9. The van der Waals surface area contributed by atoms with Gasteiger partial charge in [0.2, 0.25) is 0 Å². The van der Waals surface area contributed by atoms with Crippen LogP contribution in [0.3, 0.4) is 0 Å². The van der Waals surface area contributed by atoms with Gasteiger partial charge < -0.3 is 14.2 Å². The Bertz CT molecular complexity index is 1330. The van der Waals surface area contributed by atoms with Gasteiger partial charge in [0.25, 0.3) is 0 Å². The van der Waals surface area contributed by atoms with E-state index in [1.165, 1.54) is 22.3 Å². The molecule has 2 bridgehead atoms. The van der Waals surface area contributed by atoms with Crippen molar-refractivity contribution in [2.75, 3.05) is 13.7 Å². The molecular formula is C31H29NO3. The normalized spacial score (nSPS) is 25.7. The van der Waals surface area contributed by atoms with E-state index in [0.29, 0.717) is 12.6 Å². The van der Waals surface area contributed by atoms with Crippen molar-refractivity contribution in [1.29, 1.82) is 0 Å². The lowest BCUT2D eigenvalue weighted by molar-refractivity contribution is 0.0610. The Balaban J connectivity index is 1.29. The molecule has 3 aromatic carbocycles. The number of ether oxygens (including phenoxy) is 3. The average molecular weight is 464 g/mol. The predicted octanol–water partition coefficient (Wildman–Crippen LogP) is 5.57. The standard InChI is InChI=1S/C31H29NO3/c1-33-27-15-13-24-25-18-23-12-14-26(34-20-22-10-6-3-7-11-22)29-28(23)31(24,30(27)35-29)16-17-32(25)19-21-8-4-2-5-9-21/h2-15,25,30H,16-20H2,1H3/t25-,30+,31+/m1/s1. The van der Waals surface area contributed by atoms with Crippen LogP contribution in [-0.2, 0) is 29.7 Å². The van der Waals surface area contributed by atoms with Crippen LogP contribution in [-0.4, -0.2) is 30.7 Å². The van der Waals surface area contributed by atoms with Gasteiger partial charge in [0.1, 0.15) is 12.4 Å². The Kier molecular flexibility index (Phi) is 4.78. The molecule has 0 unspecified atom stereocenters. The maximum Gasteiger partial charge on any atom is 0.169 e. The van der Waals surface area contributed by atoms with Crippen molar-refractivity contribution in [2.24, 2.45) is 0 Å². The van der Waals surface area contributed by atoms with Crippen molar-refractivity contribution in [1.82, 2.24) is 4.90 Å². The molecule has 4 heteroatoms. The van der Waals surface area contributed by atoms with Crippen LogP contribution in [0.1, 0.15) is 28.7 Å². The molecular weight excluding hydrogens is 434 g/mol. The summed E-state index contributed by atoms with van der Waals surface area (Å²) in [4.78, 5) is 2.65. The van der Waals surface area contributed by atoms with E-state index in [0.717, 1.165) is 48.8 Å². The number of likely N-dealkylation sites (tertiary alicyclic amines) is 1. The van der Waals surface area contributed by atoms with E-state index in [4.69, 9.17) is 14.2 Å². The van der Waals surface area contributed by atoms with E-state index in [1.807, 2.05) is 18.2 Å². The Hall–Kier alpha value is -3.50. The summed E-state index contributed by atoms with van der Waals surface area (Å²) in [6.07, 6.45) is 6.31. The maximum absolute atomic E-state index is 6.78. The van der Waals surface area contributed by atoms with Crippen LogP contribution in [0.4, 0.5) is 0 Å². The van der Waals surface area contributed by atoms with Crippen LogP contribution in [0.25, 0.3) is 0 Å². The lowest BCUT2D eigenvalue weighted by atomic mass is 9.57. The SMILES string of the molecule is COC1=CC=C2[C@H]3Cc4ccc(OCc5ccccc5)c5c4[C@@]2(CCN3Cc2ccccc2)[C@H]1O5. The van der Waals surface area contributed by atoms with Crippen molar-refractivity contribution in [3.05, 3.63) is 119 Å². The molecule has 0 aromatic heterocycles. The number of allylic oxidation sites excluding steroid dienone is 2. The minimum Gasteiger partial charge on any atom is -0.497 e. The highest BCUT2D eigenvalue weighted by atomic mass is 16.6. The van der Waals surface area contributed by atoms with Gasteiger partial charge in [-0.15, -0.1) is 0 Å². The van der Waals surface area contributed by atoms with Crippen LogP contribution in [0.2, 0.25) is 0 Å². The second kappa shape index (κ2) is 8.03. The Morgan fingerprint density at radius 1 is 0.943 bits per heavy atom. The topological polar surface area (TPSA) is 30.9 Å². The van der Waals surface area contributed by atoms with Crippen molar-refractivity contribution >= 4 is 0 Å². The van der Waals surface area contributed by atoms with Gasteiger partial charge in [0, 0.05) is 24.7 Å². The number of methoxy groups -OCH3 is 1. The molecule has 2 aliphatic carbocycles. The van der Waals surface area contributed by atoms with Crippen LogP contribution in [0, 0.1) is 0 Å². The maximum atomic E-state index is 6.78. The first kappa shape index (κ1) is 20.8. The van der Waals surface area contributed by atoms with Gasteiger partial charge in [-0.1, -0.05) is 72.8 Å². The molecule has 7 rings (SSSR count). The molecule has 1 saturated heterocycles. The first-order valence-corrected chi connectivity index (χ1v) is 12.5. The van der Waals surface area contributed by atoms with Crippen LogP contribution in [0.5, 0.6) is 11.5 Å². The monoisotopic (exact) mass is 463 g/mol. The van der Waals surface area contributed by atoms with Gasteiger partial charge in [0.05, 0.1) is 12.5 Å². The molecule has 4 nitrogen and oxygen atoms in total. The molecule has 0 N–H and O–H groups in total. The number of benzene rings is 3. The van der Waals surface area contributed by atoms with Gasteiger partial charge >= 0.3 is 0 Å². The van der Waals surface area contributed by atoms with E-state index in [-0.39, 0.29) is 11.5 Å². The summed E-state index contributed by atoms with van der Waals surface area (Å²) in [6.45, 7) is 2.52. The van der Waals surface area contributed by atoms with Crippen LogP contribution >= 0.6 is 0 Å². The Morgan fingerprint density at radius 2 is 1.71 bits per heavy atom. The van der Waals surface area contributed by atoms with E-state index in [2.05, 4.69) is 71.6 Å². The molecule has 2 heterocycles. The van der Waals surface area contributed by atoms with Crippen LogP contribution in [0.15, 0.2) is 96.3 Å². The number of hydrogen-bond acceptors (Lipinski definition) is 4. The third-order valence-electron chi connectivity index (χ3n) is 8.25. The minimum absolute atomic E-state index is 0.135. The fourth-order valence-electron chi connectivity index (χ4n) is 6.69. The summed E-state index contributed by atoms with van der Waals surface area (Å²) in [7, 11) is 1.76. The molecule has 4 aliphatic rings. The highest BCUT2D eigenvalue weighted by Gasteiger charge is 2.62. The van der Waals surface area contributed by atoms with E-state index >= 15 is 0 Å². The summed E-state index contributed by atoms with van der Waals surface area (Å²) < 4.78 is 19.0. The zero-order valence-corrected chi connectivity index (χ0v) is 19.9. The molecule has 2 aliphatic heterocycles.